The van der Waals surface area contributed by atoms with Crippen LogP contribution >= 0.6 is 0 Å². The molecule has 0 aromatic rings. The van der Waals surface area contributed by atoms with Gasteiger partial charge in [-0.2, -0.15) is 13.8 Å². The first kappa shape index (κ1) is 9.55. The average molecular weight is 166 g/mol. The minimum atomic E-state index is -4.33. The Hall–Kier alpha value is -1.45. The number of hydrogen-bond acceptors (Lipinski definition) is 4. The van der Waals surface area contributed by atoms with Crippen molar-refractivity contribution in [3.05, 3.63) is 0 Å². The lowest BCUT2D eigenvalue weighted by atomic mass is 10.5. The molecule has 4 nitrogen and oxygen atoms in total. The number of rotatable bonds is 3. The molecule has 0 aromatic carbocycles. The van der Waals surface area contributed by atoms with Crippen molar-refractivity contribution >= 4 is 12.2 Å². The number of nitrogens with zero attached hydrogens (tertiary/aromatic N) is 2. The molecule has 0 saturated carbocycles. The molecular weight excluding hydrogens is 165 g/mol. The number of alkyl halides is 3. The Morgan fingerprint density at radius 3 is 2.18 bits per heavy atom. The highest BCUT2D eigenvalue weighted by atomic mass is 19.3. The van der Waals surface area contributed by atoms with Crippen LogP contribution in [0.1, 0.15) is 0 Å². The summed E-state index contributed by atoms with van der Waals surface area (Å²) >= 11 is 0. The lowest BCUT2D eigenvalue weighted by molar-refractivity contribution is -0.0597. The van der Waals surface area contributed by atoms with E-state index in [0.717, 1.165) is 0 Å². The van der Waals surface area contributed by atoms with Crippen LogP contribution in [-0.4, -0.2) is 24.5 Å². The SMILES string of the molecule is O=C=NC(F)C(F)(F)N=C=O. The van der Waals surface area contributed by atoms with E-state index in [1.165, 1.54) is 0 Å². The molecule has 0 heterocycles. The molecule has 0 rings (SSSR count). The fourth-order valence-electron chi connectivity index (χ4n) is 0.238. The highest BCUT2D eigenvalue weighted by molar-refractivity contribution is 5.35. The highest BCUT2D eigenvalue weighted by Crippen LogP contribution is 2.22. The molecule has 0 aromatic heterocycles. The van der Waals surface area contributed by atoms with Crippen LogP contribution in [0.5, 0.6) is 0 Å². The van der Waals surface area contributed by atoms with Crippen LogP contribution in [0.15, 0.2) is 9.98 Å². The lowest BCUT2D eigenvalue weighted by Gasteiger charge is -2.07. The molecule has 0 bridgehead atoms. The summed E-state index contributed by atoms with van der Waals surface area (Å²) < 4.78 is 35.8. The van der Waals surface area contributed by atoms with Gasteiger partial charge < -0.3 is 0 Å². The second kappa shape index (κ2) is 3.65. The highest BCUT2D eigenvalue weighted by Gasteiger charge is 2.40. The van der Waals surface area contributed by atoms with Crippen LogP contribution in [0.2, 0.25) is 0 Å². The van der Waals surface area contributed by atoms with Gasteiger partial charge in [-0.15, -0.1) is 4.99 Å². The summed E-state index contributed by atoms with van der Waals surface area (Å²) in [6, 6.07) is -4.33. The Bertz CT molecular complexity index is 229. The van der Waals surface area contributed by atoms with E-state index in [2.05, 4.69) is 0 Å². The Kier molecular flexibility index (Phi) is 3.17. The molecule has 0 spiro atoms. The Morgan fingerprint density at radius 2 is 1.82 bits per heavy atom. The van der Waals surface area contributed by atoms with E-state index >= 15 is 0 Å². The fourth-order valence-corrected chi connectivity index (χ4v) is 0.238. The van der Waals surface area contributed by atoms with Crippen LogP contribution in [0.4, 0.5) is 13.2 Å². The van der Waals surface area contributed by atoms with E-state index in [-0.39, 0.29) is 0 Å². The molecule has 0 aliphatic heterocycles. The molecule has 0 aliphatic rings. The van der Waals surface area contributed by atoms with Gasteiger partial charge in [0, 0.05) is 0 Å². The number of aliphatic imine (C=N–C) groups is 2. The van der Waals surface area contributed by atoms with Crippen molar-refractivity contribution in [1.29, 1.82) is 0 Å². The summed E-state index contributed by atoms with van der Waals surface area (Å²) in [6.07, 6.45) is -2.17. The monoisotopic (exact) mass is 166 g/mol. The third kappa shape index (κ3) is 2.75. The maximum atomic E-state index is 11.9. The van der Waals surface area contributed by atoms with Gasteiger partial charge in [-0.25, -0.2) is 14.0 Å². The van der Waals surface area contributed by atoms with Gasteiger partial charge in [-0.1, -0.05) is 0 Å². The standard InChI is InChI=1S/C4HF3N2O2/c5-3(8-1-10)4(6,7)9-2-11/h3H. The van der Waals surface area contributed by atoms with Crippen molar-refractivity contribution in [2.45, 2.75) is 12.3 Å². The first-order valence-corrected chi connectivity index (χ1v) is 2.22. The molecule has 11 heavy (non-hydrogen) atoms. The van der Waals surface area contributed by atoms with Gasteiger partial charge in [-0.3, -0.25) is 0 Å². The van der Waals surface area contributed by atoms with E-state index < -0.39 is 12.3 Å². The molecule has 1 unspecified atom stereocenters. The summed E-state index contributed by atoms with van der Waals surface area (Å²) in [5, 5.41) is 0. The molecule has 60 valence electrons. The number of carbonyl (C=O) groups excluding carboxylic acids is 2. The molecule has 1 atom stereocenters. The van der Waals surface area contributed by atoms with Crippen molar-refractivity contribution in [3.63, 3.8) is 0 Å². The largest absolute Gasteiger partial charge is 0.403 e. The van der Waals surface area contributed by atoms with Crippen molar-refractivity contribution < 1.29 is 22.8 Å². The van der Waals surface area contributed by atoms with Crippen LogP contribution < -0.4 is 0 Å². The van der Waals surface area contributed by atoms with Crippen LogP contribution in [0.25, 0.3) is 0 Å². The van der Waals surface area contributed by atoms with Gasteiger partial charge in [0.2, 0.25) is 12.2 Å². The van der Waals surface area contributed by atoms with Gasteiger partial charge in [0.15, 0.2) is 0 Å². The summed E-state index contributed by atoms with van der Waals surface area (Å²) in [4.78, 5) is 22.3. The van der Waals surface area contributed by atoms with E-state index in [1.54, 1.807) is 4.99 Å². The molecule has 0 aliphatic carbocycles. The lowest BCUT2D eigenvalue weighted by Crippen LogP contribution is -2.25. The predicted molar refractivity (Wildman–Crippen MR) is 26.1 cm³/mol. The minimum Gasteiger partial charge on any atom is -0.212 e. The summed E-state index contributed by atoms with van der Waals surface area (Å²) in [5.74, 6) is 0. The normalized spacial score (nSPS) is 12.6. The Balaban J connectivity index is 4.52. The van der Waals surface area contributed by atoms with Crippen LogP contribution in [0.3, 0.4) is 0 Å². The molecule has 7 heteroatoms. The quantitative estimate of drug-likeness (QED) is 0.349. The maximum Gasteiger partial charge on any atom is 0.403 e. The molecule has 0 saturated heterocycles. The summed E-state index contributed by atoms with van der Waals surface area (Å²) in [5.41, 5.74) is 0. The van der Waals surface area contributed by atoms with Gasteiger partial charge in [-0.05, 0) is 0 Å². The van der Waals surface area contributed by atoms with Crippen molar-refractivity contribution in [2.24, 2.45) is 9.98 Å². The zero-order chi connectivity index (χ0) is 8.91. The van der Waals surface area contributed by atoms with Gasteiger partial charge >= 0.3 is 6.05 Å². The number of hydrogen-bond donors (Lipinski definition) is 0. The maximum absolute atomic E-state index is 11.9. The van der Waals surface area contributed by atoms with E-state index in [0.29, 0.717) is 12.2 Å². The van der Waals surface area contributed by atoms with Crippen molar-refractivity contribution in [1.82, 2.24) is 0 Å². The molecule has 0 fully saturated rings. The zero-order valence-corrected chi connectivity index (χ0v) is 4.92. The Morgan fingerprint density at radius 1 is 1.27 bits per heavy atom. The van der Waals surface area contributed by atoms with Crippen molar-refractivity contribution in [3.8, 4) is 0 Å². The summed E-state index contributed by atoms with van der Waals surface area (Å²) in [7, 11) is 0. The minimum absolute atomic E-state index is 0.442. The van der Waals surface area contributed by atoms with Crippen molar-refractivity contribution in [2.75, 3.05) is 0 Å². The first-order valence-electron chi connectivity index (χ1n) is 2.22. The van der Waals surface area contributed by atoms with E-state index in [9.17, 15) is 22.8 Å². The van der Waals surface area contributed by atoms with E-state index in [4.69, 9.17) is 0 Å². The predicted octanol–water partition coefficient (Wildman–Crippen LogP) is 0.546. The molecular formula is C4HF3N2O2. The van der Waals surface area contributed by atoms with Gasteiger partial charge in [0.1, 0.15) is 0 Å². The molecule has 0 radical (unpaired) electrons. The molecule has 0 amide bonds. The third-order valence-corrected chi connectivity index (χ3v) is 0.647. The van der Waals surface area contributed by atoms with Gasteiger partial charge in [0.05, 0.1) is 0 Å². The van der Waals surface area contributed by atoms with E-state index in [1.807, 2.05) is 4.99 Å². The fraction of sp³-hybridized carbons (Fsp3) is 0.500. The smallest absolute Gasteiger partial charge is 0.212 e. The van der Waals surface area contributed by atoms with Gasteiger partial charge in [0.25, 0.3) is 6.30 Å². The van der Waals surface area contributed by atoms with Crippen LogP contribution in [0, 0.1) is 0 Å². The Labute approximate surface area is 58.4 Å². The number of isocyanates is 2. The van der Waals surface area contributed by atoms with Crippen LogP contribution in [-0.2, 0) is 9.59 Å². The topological polar surface area (TPSA) is 58.9 Å². The zero-order valence-electron chi connectivity index (χ0n) is 4.92. The summed E-state index contributed by atoms with van der Waals surface area (Å²) in [6.45, 7) is 0. The third-order valence-electron chi connectivity index (χ3n) is 0.647. The average Bonchev–Trinajstić information content (AvgIpc) is 1.88. The first-order chi connectivity index (χ1) is 5.04. The second-order valence-corrected chi connectivity index (χ2v) is 1.35. The number of halogens is 3. The second-order valence-electron chi connectivity index (χ2n) is 1.35. The molecule has 0 N–H and O–H groups in total.